The number of carbonyl (C=O) groups excluding carboxylic acids is 1. The van der Waals surface area contributed by atoms with Crippen LogP contribution in [0.2, 0.25) is 0 Å². The Balaban J connectivity index is 2.54. The zero-order valence-electron chi connectivity index (χ0n) is 10.5. The summed E-state index contributed by atoms with van der Waals surface area (Å²) in [6, 6.07) is -0.301. The molecule has 0 saturated heterocycles. The largest absolute Gasteiger partial charge is 0.394 e. The predicted molar refractivity (Wildman–Crippen MR) is 67.4 cm³/mol. The molecule has 0 radical (unpaired) electrons. The first-order chi connectivity index (χ1) is 8.12. The van der Waals surface area contributed by atoms with Gasteiger partial charge in [0.1, 0.15) is 0 Å². The number of nitrogens with one attached hydrogen (secondary N) is 2. The highest BCUT2D eigenvalue weighted by atomic mass is 16.3. The zero-order valence-corrected chi connectivity index (χ0v) is 10.5. The van der Waals surface area contributed by atoms with E-state index in [2.05, 4.69) is 16.6 Å². The van der Waals surface area contributed by atoms with Crippen molar-refractivity contribution in [3.8, 4) is 12.3 Å². The van der Waals surface area contributed by atoms with Crippen LogP contribution in [0.1, 0.15) is 39.0 Å². The third-order valence-corrected chi connectivity index (χ3v) is 3.58. The summed E-state index contributed by atoms with van der Waals surface area (Å²) in [5.41, 5.74) is -0.543. The van der Waals surface area contributed by atoms with Gasteiger partial charge in [0.2, 0.25) is 0 Å². The van der Waals surface area contributed by atoms with Crippen LogP contribution in [0.3, 0.4) is 0 Å². The summed E-state index contributed by atoms with van der Waals surface area (Å²) in [5, 5.41) is 14.9. The molecule has 0 unspecified atom stereocenters. The number of rotatable bonds is 4. The van der Waals surface area contributed by atoms with Crippen LogP contribution in [0, 0.1) is 18.3 Å². The molecule has 17 heavy (non-hydrogen) atoms. The quantitative estimate of drug-likeness (QED) is 0.646. The average molecular weight is 238 g/mol. The van der Waals surface area contributed by atoms with E-state index in [4.69, 9.17) is 6.42 Å². The Morgan fingerprint density at radius 1 is 1.47 bits per heavy atom. The van der Waals surface area contributed by atoms with Gasteiger partial charge in [-0.15, -0.1) is 6.42 Å². The Hall–Kier alpha value is -1.21. The van der Waals surface area contributed by atoms with Gasteiger partial charge in [-0.3, -0.25) is 0 Å². The average Bonchev–Trinajstić information content (AvgIpc) is 2.37. The number of amides is 2. The SMILES string of the molecule is C#CCNC(=O)N[C@](C)(CO)C1CCCCC1. The van der Waals surface area contributed by atoms with Crippen molar-refractivity contribution in [1.82, 2.24) is 10.6 Å². The summed E-state index contributed by atoms with van der Waals surface area (Å²) in [7, 11) is 0. The van der Waals surface area contributed by atoms with E-state index < -0.39 is 5.54 Å². The highest BCUT2D eigenvalue weighted by Gasteiger charge is 2.35. The minimum Gasteiger partial charge on any atom is -0.394 e. The Bertz CT molecular complexity index is 292. The molecule has 2 amide bonds. The van der Waals surface area contributed by atoms with E-state index >= 15 is 0 Å². The Labute approximate surface area is 103 Å². The second-order valence-corrected chi connectivity index (χ2v) is 4.92. The van der Waals surface area contributed by atoms with Crippen molar-refractivity contribution >= 4 is 6.03 Å². The van der Waals surface area contributed by atoms with E-state index in [1.807, 2.05) is 6.92 Å². The van der Waals surface area contributed by atoms with Gasteiger partial charge in [-0.2, -0.15) is 0 Å². The molecular weight excluding hydrogens is 216 g/mol. The third-order valence-electron chi connectivity index (χ3n) is 3.58. The normalized spacial score (nSPS) is 20.1. The topological polar surface area (TPSA) is 61.4 Å². The minimum atomic E-state index is -0.543. The van der Waals surface area contributed by atoms with Gasteiger partial charge < -0.3 is 15.7 Å². The van der Waals surface area contributed by atoms with Gasteiger partial charge in [-0.05, 0) is 25.7 Å². The Morgan fingerprint density at radius 2 is 2.12 bits per heavy atom. The molecule has 0 spiro atoms. The number of aliphatic hydroxyl groups is 1. The molecule has 96 valence electrons. The third kappa shape index (κ3) is 3.94. The molecule has 1 atom stereocenters. The smallest absolute Gasteiger partial charge is 0.316 e. The maximum atomic E-state index is 11.6. The van der Waals surface area contributed by atoms with Crippen LogP contribution in [-0.4, -0.2) is 29.8 Å². The monoisotopic (exact) mass is 238 g/mol. The maximum absolute atomic E-state index is 11.6. The first kappa shape index (κ1) is 13.9. The summed E-state index contributed by atoms with van der Waals surface area (Å²) in [6.45, 7) is 2.07. The van der Waals surface area contributed by atoms with Gasteiger partial charge in [0.15, 0.2) is 0 Å². The van der Waals surface area contributed by atoms with Crippen molar-refractivity contribution in [3.05, 3.63) is 0 Å². The van der Waals surface area contributed by atoms with E-state index in [1.54, 1.807) is 0 Å². The molecule has 4 heteroatoms. The molecule has 4 nitrogen and oxygen atoms in total. The Kier molecular flexibility index (Phi) is 5.30. The van der Waals surface area contributed by atoms with Gasteiger partial charge in [0, 0.05) is 0 Å². The van der Waals surface area contributed by atoms with Crippen molar-refractivity contribution < 1.29 is 9.90 Å². The van der Waals surface area contributed by atoms with Crippen LogP contribution in [0.4, 0.5) is 4.79 Å². The lowest BCUT2D eigenvalue weighted by atomic mass is 9.76. The van der Waals surface area contributed by atoms with Crippen LogP contribution < -0.4 is 10.6 Å². The van der Waals surface area contributed by atoms with Gasteiger partial charge >= 0.3 is 6.03 Å². The number of aliphatic hydroxyl groups excluding tert-OH is 1. The number of hydrogen-bond acceptors (Lipinski definition) is 2. The van der Waals surface area contributed by atoms with Gasteiger partial charge in [-0.1, -0.05) is 25.2 Å². The number of urea groups is 1. The van der Waals surface area contributed by atoms with Gasteiger partial charge in [0.05, 0.1) is 18.7 Å². The van der Waals surface area contributed by atoms with Crippen molar-refractivity contribution in [3.63, 3.8) is 0 Å². The molecule has 0 aromatic carbocycles. The van der Waals surface area contributed by atoms with E-state index in [-0.39, 0.29) is 19.2 Å². The molecule has 0 heterocycles. The van der Waals surface area contributed by atoms with E-state index in [9.17, 15) is 9.90 Å². The molecule has 1 aliphatic rings. The Morgan fingerprint density at radius 3 is 2.65 bits per heavy atom. The molecule has 1 saturated carbocycles. The fraction of sp³-hybridized carbons (Fsp3) is 0.769. The molecule has 0 aromatic rings. The standard InChI is InChI=1S/C13H22N2O2/c1-3-9-14-12(17)15-13(2,10-16)11-7-5-4-6-8-11/h1,11,16H,4-10H2,2H3,(H2,14,15,17)/t13-/m1/s1. The van der Waals surface area contributed by atoms with Gasteiger partial charge in [0.25, 0.3) is 0 Å². The highest BCUT2D eigenvalue weighted by Crippen LogP contribution is 2.32. The summed E-state index contributed by atoms with van der Waals surface area (Å²) in [5.74, 6) is 2.69. The van der Waals surface area contributed by atoms with Crippen molar-refractivity contribution in [2.24, 2.45) is 5.92 Å². The molecule has 0 aromatic heterocycles. The predicted octanol–water partition coefficient (Wildman–Crippen LogP) is 1.25. The molecule has 0 aliphatic heterocycles. The van der Waals surface area contributed by atoms with Gasteiger partial charge in [-0.25, -0.2) is 4.79 Å². The van der Waals surface area contributed by atoms with Crippen molar-refractivity contribution in [2.45, 2.75) is 44.6 Å². The second-order valence-electron chi connectivity index (χ2n) is 4.92. The second kappa shape index (κ2) is 6.51. The number of carbonyl (C=O) groups is 1. The molecule has 1 rings (SSSR count). The number of hydrogen-bond donors (Lipinski definition) is 3. The molecule has 0 bridgehead atoms. The van der Waals surface area contributed by atoms with E-state index in [0.29, 0.717) is 5.92 Å². The van der Waals surface area contributed by atoms with E-state index in [1.165, 1.54) is 19.3 Å². The van der Waals surface area contributed by atoms with Crippen LogP contribution in [0.5, 0.6) is 0 Å². The maximum Gasteiger partial charge on any atom is 0.316 e. The van der Waals surface area contributed by atoms with Crippen molar-refractivity contribution in [1.29, 1.82) is 0 Å². The summed E-state index contributed by atoms with van der Waals surface area (Å²) >= 11 is 0. The van der Waals surface area contributed by atoms with E-state index in [0.717, 1.165) is 12.8 Å². The minimum absolute atomic E-state index is 0.0405. The zero-order chi connectivity index (χ0) is 12.7. The molecule has 1 fully saturated rings. The van der Waals surface area contributed by atoms with Crippen LogP contribution >= 0.6 is 0 Å². The van der Waals surface area contributed by atoms with Crippen LogP contribution in [0.25, 0.3) is 0 Å². The number of terminal acetylenes is 1. The lowest BCUT2D eigenvalue weighted by Crippen LogP contribution is -2.57. The summed E-state index contributed by atoms with van der Waals surface area (Å²) < 4.78 is 0. The fourth-order valence-electron chi connectivity index (χ4n) is 2.45. The lowest BCUT2D eigenvalue weighted by molar-refractivity contribution is 0.101. The molecular formula is C13H22N2O2. The molecule has 3 N–H and O–H groups in total. The first-order valence-corrected chi connectivity index (χ1v) is 6.22. The van der Waals surface area contributed by atoms with Crippen LogP contribution in [0.15, 0.2) is 0 Å². The fourth-order valence-corrected chi connectivity index (χ4v) is 2.45. The summed E-state index contributed by atoms with van der Waals surface area (Å²) in [4.78, 5) is 11.6. The first-order valence-electron chi connectivity index (χ1n) is 6.22. The highest BCUT2D eigenvalue weighted by molar-refractivity contribution is 5.75. The summed E-state index contributed by atoms with van der Waals surface area (Å²) in [6.07, 6.45) is 10.8. The van der Waals surface area contributed by atoms with Crippen LogP contribution in [-0.2, 0) is 0 Å². The lowest BCUT2D eigenvalue weighted by Gasteiger charge is -2.39. The van der Waals surface area contributed by atoms with Crippen molar-refractivity contribution in [2.75, 3.05) is 13.2 Å². The molecule has 1 aliphatic carbocycles.